The van der Waals surface area contributed by atoms with Gasteiger partial charge in [-0.15, -0.1) is 0 Å². The first kappa shape index (κ1) is 14.2. The molecule has 17 heavy (non-hydrogen) atoms. The van der Waals surface area contributed by atoms with Crippen LogP contribution in [0.25, 0.3) is 0 Å². The molecule has 0 aliphatic carbocycles. The van der Waals surface area contributed by atoms with Gasteiger partial charge in [-0.2, -0.15) is 0 Å². The largest absolute Gasteiger partial charge is 0.375 e. The van der Waals surface area contributed by atoms with Crippen molar-refractivity contribution in [1.82, 2.24) is 5.32 Å². The van der Waals surface area contributed by atoms with E-state index in [1.165, 1.54) is 16.7 Å². The van der Waals surface area contributed by atoms with Gasteiger partial charge < -0.3 is 10.1 Å². The molecule has 1 N–H and O–H groups in total. The number of hydrogen-bond acceptors (Lipinski definition) is 2. The molecular weight excluding hydrogens is 210 g/mol. The Bertz CT molecular complexity index is 352. The molecule has 0 bridgehead atoms. The van der Waals surface area contributed by atoms with Gasteiger partial charge in [-0.25, -0.2) is 0 Å². The maximum absolute atomic E-state index is 5.65. The number of hydrogen-bond donors (Lipinski definition) is 1. The van der Waals surface area contributed by atoms with Crippen LogP contribution >= 0.6 is 0 Å². The molecule has 1 rings (SSSR count). The maximum Gasteiger partial charge on any atom is 0.0720 e. The molecule has 2 heteroatoms. The summed E-state index contributed by atoms with van der Waals surface area (Å²) in [6, 6.07) is 6.68. The highest BCUT2D eigenvalue weighted by Gasteiger charge is 2.14. The van der Waals surface area contributed by atoms with E-state index in [4.69, 9.17) is 4.74 Å². The van der Waals surface area contributed by atoms with Gasteiger partial charge in [-0.1, -0.05) is 39.0 Å². The fraction of sp³-hybridized carbons (Fsp3) is 0.600. The molecule has 0 heterocycles. The molecule has 0 aliphatic rings. The Morgan fingerprint density at radius 3 is 2.53 bits per heavy atom. The van der Waals surface area contributed by atoms with Gasteiger partial charge in [0.25, 0.3) is 0 Å². The van der Waals surface area contributed by atoms with E-state index in [0.29, 0.717) is 6.61 Å². The molecule has 0 aromatic heterocycles. The minimum atomic E-state index is 0.202. The van der Waals surface area contributed by atoms with E-state index in [0.717, 1.165) is 13.2 Å². The lowest BCUT2D eigenvalue weighted by atomic mass is 9.85. The van der Waals surface area contributed by atoms with Crippen molar-refractivity contribution < 1.29 is 4.74 Å². The second kappa shape index (κ2) is 6.18. The molecule has 0 saturated carbocycles. The lowest BCUT2D eigenvalue weighted by molar-refractivity contribution is 0.123. The molecule has 0 saturated heterocycles. The summed E-state index contributed by atoms with van der Waals surface area (Å²) in [4.78, 5) is 0. The fourth-order valence-corrected chi connectivity index (χ4v) is 1.65. The number of rotatable bonds is 5. The van der Waals surface area contributed by atoms with Crippen LogP contribution in [0.1, 0.15) is 37.5 Å². The summed E-state index contributed by atoms with van der Waals surface area (Å²) in [6.07, 6.45) is 0. The summed E-state index contributed by atoms with van der Waals surface area (Å²) in [6.45, 7) is 11.2. The molecule has 1 aromatic carbocycles. The smallest absolute Gasteiger partial charge is 0.0720 e. The zero-order chi connectivity index (χ0) is 12.9. The molecule has 0 unspecified atom stereocenters. The van der Waals surface area contributed by atoms with Crippen molar-refractivity contribution in [2.75, 3.05) is 20.2 Å². The van der Waals surface area contributed by atoms with E-state index in [1.54, 1.807) is 0 Å². The van der Waals surface area contributed by atoms with Crippen molar-refractivity contribution in [1.29, 1.82) is 0 Å². The molecule has 2 nitrogen and oxygen atoms in total. The van der Waals surface area contributed by atoms with E-state index in [2.05, 4.69) is 51.2 Å². The summed E-state index contributed by atoms with van der Waals surface area (Å²) in [5, 5.41) is 3.08. The Morgan fingerprint density at radius 2 is 1.94 bits per heavy atom. The highest BCUT2D eigenvalue weighted by molar-refractivity contribution is 5.34. The summed E-state index contributed by atoms with van der Waals surface area (Å²) in [5.74, 6) is 0. The molecular formula is C15H25NO. The van der Waals surface area contributed by atoms with E-state index < -0.39 is 0 Å². The van der Waals surface area contributed by atoms with Crippen molar-refractivity contribution in [3.05, 3.63) is 34.9 Å². The van der Waals surface area contributed by atoms with Crippen molar-refractivity contribution in [2.45, 2.75) is 39.7 Å². The van der Waals surface area contributed by atoms with Crippen LogP contribution in [0.2, 0.25) is 0 Å². The van der Waals surface area contributed by atoms with Gasteiger partial charge in [0.05, 0.1) is 13.2 Å². The summed E-state index contributed by atoms with van der Waals surface area (Å²) in [5.41, 5.74) is 4.18. The first-order chi connectivity index (χ1) is 7.95. The Morgan fingerprint density at radius 1 is 1.24 bits per heavy atom. The van der Waals surface area contributed by atoms with Crippen LogP contribution in [0.4, 0.5) is 0 Å². The molecule has 0 amide bonds. The van der Waals surface area contributed by atoms with Crippen molar-refractivity contribution in [3.63, 3.8) is 0 Å². The van der Waals surface area contributed by atoms with Gasteiger partial charge in [-0.3, -0.25) is 0 Å². The van der Waals surface area contributed by atoms with Crippen LogP contribution < -0.4 is 5.32 Å². The standard InChI is InChI=1S/C15H25NO/c1-12-6-7-14(15(2,3)4)10-13(12)11-17-9-8-16-5/h6-7,10,16H,8-9,11H2,1-5H3. The number of ether oxygens (including phenoxy) is 1. The van der Waals surface area contributed by atoms with Crippen LogP contribution in [0.15, 0.2) is 18.2 Å². The van der Waals surface area contributed by atoms with Crippen molar-refractivity contribution in [3.8, 4) is 0 Å². The second-order valence-corrected chi connectivity index (χ2v) is 5.55. The molecule has 96 valence electrons. The average Bonchev–Trinajstić information content (AvgIpc) is 2.25. The number of likely N-dealkylation sites (N-methyl/N-ethyl adjacent to an activating group) is 1. The Kier molecular flexibility index (Phi) is 5.16. The van der Waals surface area contributed by atoms with Gasteiger partial charge in [0, 0.05) is 6.54 Å². The number of aryl methyl sites for hydroxylation is 1. The Hall–Kier alpha value is -0.860. The normalized spacial score (nSPS) is 11.8. The Balaban J connectivity index is 2.70. The van der Waals surface area contributed by atoms with Crippen LogP contribution in [0, 0.1) is 6.92 Å². The van der Waals surface area contributed by atoms with E-state index in [1.807, 2.05) is 7.05 Å². The third kappa shape index (κ3) is 4.49. The predicted molar refractivity (Wildman–Crippen MR) is 73.5 cm³/mol. The number of nitrogens with one attached hydrogen (secondary N) is 1. The SMILES string of the molecule is CNCCOCc1cc(C(C)(C)C)ccc1C. The van der Waals surface area contributed by atoms with E-state index >= 15 is 0 Å². The van der Waals surface area contributed by atoms with Crippen LogP contribution in [-0.4, -0.2) is 20.2 Å². The zero-order valence-electron chi connectivity index (χ0n) is 11.8. The maximum atomic E-state index is 5.65. The van der Waals surface area contributed by atoms with Gasteiger partial charge in [0.2, 0.25) is 0 Å². The van der Waals surface area contributed by atoms with Gasteiger partial charge in [-0.05, 0) is 36.1 Å². The Labute approximate surface area is 105 Å². The van der Waals surface area contributed by atoms with Crippen LogP contribution in [-0.2, 0) is 16.8 Å². The second-order valence-electron chi connectivity index (χ2n) is 5.55. The lowest BCUT2D eigenvalue weighted by Crippen LogP contribution is -2.15. The van der Waals surface area contributed by atoms with Crippen molar-refractivity contribution in [2.24, 2.45) is 0 Å². The summed E-state index contributed by atoms with van der Waals surface area (Å²) >= 11 is 0. The van der Waals surface area contributed by atoms with E-state index in [-0.39, 0.29) is 5.41 Å². The summed E-state index contributed by atoms with van der Waals surface area (Å²) < 4.78 is 5.65. The van der Waals surface area contributed by atoms with E-state index in [9.17, 15) is 0 Å². The molecule has 0 aliphatic heterocycles. The molecule has 0 radical (unpaired) electrons. The van der Waals surface area contributed by atoms with Gasteiger partial charge in [0.15, 0.2) is 0 Å². The predicted octanol–water partition coefficient (Wildman–Crippen LogP) is 3.03. The highest BCUT2D eigenvalue weighted by atomic mass is 16.5. The van der Waals surface area contributed by atoms with Gasteiger partial charge >= 0.3 is 0 Å². The third-order valence-corrected chi connectivity index (χ3v) is 2.97. The van der Waals surface area contributed by atoms with Crippen LogP contribution in [0.3, 0.4) is 0 Å². The van der Waals surface area contributed by atoms with Crippen molar-refractivity contribution >= 4 is 0 Å². The minimum Gasteiger partial charge on any atom is -0.375 e. The molecule has 0 spiro atoms. The van der Waals surface area contributed by atoms with Gasteiger partial charge in [0.1, 0.15) is 0 Å². The third-order valence-electron chi connectivity index (χ3n) is 2.97. The topological polar surface area (TPSA) is 21.3 Å². The first-order valence-corrected chi connectivity index (χ1v) is 6.27. The fourth-order valence-electron chi connectivity index (χ4n) is 1.65. The molecule has 0 fully saturated rings. The van der Waals surface area contributed by atoms with Crippen LogP contribution in [0.5, 0.6) is 0 Å². The quantitative estimate of drug-likeness (QED) is 0.792. The summed E-state index contributed by atoms with van der Waals surface area (Å²) in [7, 11) is 1.94. The minimum absolute atomic E-state index is 0.202. The number of benzene rings is 1. The lowest BCUT2D eigenvalue weighted by Gasteiger charge is -2.20. The molecule has 1 aromatic rings. The first-order valence-electron chi connectivity index (χ1n) is 6.27. The molecule has 0 atom stereocenters. The highest BCUT2D eigenvalue weighted by Crippen LogP contribution is 2.24. The zero-order valence-corrected chi connectivity index (χ0v) is 11.8. The average molecular weight is 235 g/mol. The monoisotopic (exact) mass is 235 g/mol.